The first-order chi connectivity index (χ1) is 19.8. The second-order valence-electron chi connectivity index (χ2n) is 10.4. The maximum absolute atomic E-state index is 14.4. The highest BCUT2D eigenvalue weighted by atomic mass is 35.5. The van der Waals surface area contributed by atoms with E-state index in [0.29, 0.717) is 41.3 Å². The minimum atomic E-state index is -1.66. The molecule has 1 saturated carbocycles. The summed E-state index contributed by atoms with van der Waals surface area (Å²) in [6.45, 7) is -0.727. The van der Waals surface area contributed by atoms with Gasteiger partial charge in [0.1, 0.15) is 29.2 Å². The lowest BCUT2D eigenvalue weighted by Gasteiger charge is -2.46. The molecule has 3 heterocycles. The third-order valence-electron chi connectivity index (χ3n) is 7.90. The molecule has 0 saturated heterocycles. The molecule has 0 N–H and O–H groups in total. The molecular formula is C29H27ClF2N6O2S. The Morgan fingerprint density at radius 3 is 2.73 bits per heavy atom. The summed E-state index contributed by atoms with van der Waals surface area (Å²) in [5, 5.41) is 9.10. The molecule has 3 unspecified atom stereocenters. The van der Waals surface area contributed by atoms with E-state index in [1.165, 1.54) is 24.5 Å². The Balaban J connectivity index is 1.42. The average Bonchev–Trinajstić information content (AvgIpc) is 3.59. The molecule has 6 rings (SSSR count). The zero-order chi connectivity index (χ0) is 28.7. The molecule has 0 bridgehead atoms. The largest absolute Gasteiger partial charge is 0.291 e. The van der Waals surface area contributed by atoms with Crippen molar-refractivity contribution < 1.29 is 17.8 Å². The zero-order valence-corrected chi connectivity index (χ0v) is 23.8. The van der Waals surface area contributed by atoms with Crippen LogP contribution in [0, 0.1) is 11.2 Å². The molecule has 2 aliphatic rings. The summed E-state index contributed by atoms with van der Waals surface area (Å²) >= 11 is 6.25. The van der Waals surface area contributed by atoms with Gasteiger partial charge in [-0.15, -0.1) is 0 Å². The van der Waals surface area contributed by atoms with Crippen LogP contribution < -0.4 is 0 Å². The number of Topliss-reactive ketones (excluding diaryl/α,β-unsaturated/α-hetero) is 1. The Kier molecular flexibility index (Phi) is 7.43. The van der Waals surface area contributed by atoms with Crippen LogP contribution in [-0.4, -0.2) is 58.1 Å². The predicted octanol–water partition coefficient (Wildman–Crippen LogP) is 5.15. The van der Waals surface area contributed by atoms with Crippen LogP contribution in [0.4, 0.5) is 8.78 Å². The number of nitrogens with zero attached hydrogens (tertiary/aromatic N) is 6. The van der Waals surface area contributed by atoms with Crippen LogP contribution in [0.3, 0.4) is 0 Å². The highest BCUT2D eigenvalue weighted by Crippen LogP contribution is 2.51. The number of hydrogen-bond acceptors (Lipinski definition) is 5. The van der Waals surface area contributed by atoms with E-state index >= 15 is 0 Å². The first kappa shape index (κ1) is 27.6. The molecule has 0 spiro atoms. The van der Waals surface area contributed by atoms with E-state index in [-0.39, 0.29) is 29.9 Å². The van der Waals surface area contributed by atoms with Crippen LogP contribution in [0.5, 0.6) is 0 Å². The van der Waals surface area contributed by atoms with Crippen molar-refractivity contribution in [3.63, 3.8) is 0 Å². The molecule has 1 aromatic carbocycles. The number of aromatic nitrogens is 5. The molecule has 4 aromatic rings. The second kappa shape index (κ2) is 11.0. The lowest BCUT2D eigenvalue weighted by Crippen LogP contribution is -2.50. The standard InChI is InChI=1S/C29H27ClF2N6O2S/c1-36-18-25(17-34-36)41(40)37(11-9-31)24-5-2-20-12-27-19(16-35-38(27)23-6-3-22(32)4-7-23)14-29(20,15-24)28(39)26-13-21(30)8-10-33-26/h3-4,6-8,10,12-13,16-18,24H,2,5,9,11,14-15H2,1H3. The summed E-state index contributed by atoms with van der Waals surface area (Å²) < 4.78 is 46.0. The number of pyridine rings is 1. The highest BCUT2D eigenvalue weighted by Gasteiger charge is 2.51. The van der Waals surface area contributed by atoms with Crippen LogP contribution in [0.15, 0.2) is 71.7 Å². The van der Waals surface area contributed by atoms with E-state index in [2.05, 4.69) is 15.2 Å². The summed E-state index contributed by atoms with van der Waals surface area (Å²) in [7, 11) is 0.0693. The number of carbonyl (C=O) groups excluding carboxylic acids is 1. The molecule has 3 atom stereocenters. The van der Waals surface area contributed by atoms with E-state index in [1.54, 1.807) is 57.4 Å². The van der Waals surface area contributed by atoms with Crippen LogP contribution in [-0.2, 0) is 24.5 Å². The van der Waals surface area contributed by atoms with Crippen molar-refractivity contribution in [2.75, 3.05) is 13.2 Å². The van der Waals surface area contributed by atoms with Gasteiger partial charge in [0.2, 0.25) is 0 Å². The number of hydrogen-bond donors (Lipinski definition) is 0. The molecule has 212 valence electrons. The number of rotatable bonds is 8. The maximum Gasteiger partial charge on any atom is 0.191 e. The number of fused-ring (bicyclic) bond motifs is 2. The van der Waals surface area contributed by atoms with Crippen LogP contribution in [0.2, 0.25) is 5.02 Å². The number of carbonyl (C=O) groups is 1. The topological polar surface area (TPSA) is 85.9 Å². The number of benzene rings is 1. The SMILES string of the molecule is Cn1cc(S(=O)N(CCF)C2CCC3=Cc4c(cnn4-c4ccc(F)cc4)CC3(C(=O)c3cc(Cl)ccn3)C2)cn1. The van der Waals surface area contributed by atoms with Gasteiger partial charge in [-0.3, -0.25) is 14.5 Å². The molecule has 12 heteroatoms. The number of aryl methyl sites for hydroxylation is 1. The fourth-order valence-electron chi connectivity index (χ4n) is 6.00. The minimum Gasteiger partial charge on any atom is -0.291 e. The molecular weight excluding hydrogens is 570 g/mol. The number of ketones is 1. The molecule has 2 aliphatic carbocycles. The maximum atomic E-state index is 14.4. The van der Waals surface area contributed by atoms with Crippen molar-refractivity contribution in [3.05, 3.63) is 94.5 Å². The Morgan fingerprint density at radius 2 is 2.02 bits per heavy atom. The lowest BCUT2D eigenvalue weighted by atomic mass is 9.60. The fraction of sp³-hybridized carbons (Fsp3) is 0.310. The summed E-state index contributed by atoms with van der Waals surface area (Å²) in [4.78, 5) is 19.2. The van der Waals surface area contributed by atoms with E-state index in [0.717, 1.165) is 16.8 Å². The fourth-order valence-corrected chi connectivity index (χ4v) is 7.50. The van der Waals surface area contributed by atoms with Crippen LogP contribution >= 0.6 is 11.6 Å². The summed E-state index contributed by atoms with van der Waals surface area (Å²) in [5.41, 5.74) is 2.51. The molecule has 0 radical (unpaired) electrons. The van der Waals surface area contributed by atoms with Gasteiger partial charge in [0.15, 0.2) is 5.78 Å². The average molecular weight is 597 g/mol. The molecule has 0 amide bonds. The van der Waals surface area contributed by atoms with E-state index in [4.69, 9.17) is 11.6 Å². The zero-order valence-electron chi connectivity index (χ0n) is 22.2. The normalized spacial score (nSPS) is 20.8. The molecule has 8 nitrogen and oxygen atoms in total. The third-order valence-corrected chi connectivity index (χ3v) is 9.66. The first-order valence-corrected chi connectivity index (χ1v) is 14.7. The molecule has 1 fully saturated rings. The monoisotopic (exact) mass is 596 g/mol. The number of allylic oxidation sites excluding steroid dienone is 1. The lowest BCUT2D eigenvalue weighted by molar-refractivity contribution is 0.0738. The summed E-state index contributed by atoms with van der Waals surface area (Å²) in [6, 6.07) is 8.90. The van der Waals surface area contributed by atoms with Gasteiger partial charge >= 0.3 is 0 Å². The van der Waals surface area contributed by atoms with Gasteiger partial charge in [-0.2, -0.15) is 10.2 Å². The predicted molar refractivity (Wildman–Crippen MR) is 151 cm³/mol. The van der Waals surface area contributed by atoms with Crippen molar-refractivity contribution >= 4 is 34.4 Å². The Labute approximate surface area is 243 Å². The first-order valence-electron chi connectivity index (χ1n) is 13.2. The summed E-state index contributed by atoms with van der Waals surface area (Å²) in [5.74, 6) is -0.532. The third kappa shape index (κ3) is 5.06. The van der Waals surface area contributed by atoms with Crippen molar-refractivity contribution in [1.82, 2.24) is 28.9 Å². The quantitative estimate of drug-likeness (QED) is 0.263. The second-order valence-corrected chi connectivity index (χ2v) is 12.3. The van der Waals surface area contributed by atoms with Gasteiger partial charge in [0, 0.05) is 37.1 Å². The van der Waals surface area contributed by atoms with Crippen LogP contribution in [0.1, 0.15) is 41.0 Å². The van der Waals surface area contributed by atoms with Gasteiger partial charge in [-0.25, -0.2) is 22.0 Å². The van der Waals surface area contributed by atoms with E-state index in [1.807, 2.05) is 6.08 Å². The van der Waals surface area contributed by atoms with E-state index < -0.39 is 23.1 Å². The number of halogens is 3. The van der Waals surface area contributed by atoms with Crippen LogP contribution in [0.25, 0.3) is 11.8 Å². The van der Waals surface area contributed by atoms with Gasteiger partial charge < -0.3 is 0 Å². The summed E-state index contributed by atoms with van der Waals surface area (Å²) in [6.07, 6.45) is 10.2. The molecule has 3 aromatic heterocycles. The van der Waals surface area contributed by atoms with Crippen molar-refractivity contribution in [3.8, 4) is 5.69 Å². The Bertz CT molecular complexity index is 1670. The minimum absolute atomic E-state index is 0.0430. The number of alkyl halides is 1. The van der Waals surface area contributed by atoms with Gasteiger partial charge in [-0.1, -0.05) is 17.2 Å². The Morgan fingerprint density at radius 1 is 1.22 bits per heavy atom. The highest BCUT2D eigenvalue weighted by molar-refractivity contribution is 7.82. The van der Waals surface area contributed by atoms with Gasteiger partial charge in [0.25, 0.3) is 0 Å². The van der Waals surface area contributed by atoms with Crippen molar-refractivity contribution in [1.29, 1.82) is 0 Å². The van der Waals surface area contributed by atoms with Crippen molar-refractivity contribution in [2.24, 2.45) is 12.5 Å². The van der Waals surface area contributed by atoms with Gasteiger partial charge in [0.05, 0.1) is 34.1 Å². The van der Waals surface area contributed by atoms with Gasteiger partial charge in [-0.05, 0) is 73.7 Å². The molecule has 0 aliphatic heterocycles. The van der Waals surface area contributed by atoms with Crippen molar-refractivity contribution in [2.45, 2.75) is 36.6 Å². The molecule has 41 heavy (non-hydrogen) atoms. The Hall–Kier alpha value is -3.54. The van der Waals surface area contributed by atoms with E-state index in [9.17, 15) is 17.8 Å². The smallest absolute Gasteiger partial charge is 0.191 e.